The Balaban J connectivity index is 2.75. The van der Waals surface area contributed by atoms with Gasteiger partial charge in [0, 0.05) is 16.7 Å². The van der Waals surface area contributed by atoms with Gasteiger partial charge in [-0.25, -0.2) is 4.79 Å². The highest BCUT2D eigenvalue weighted by Crippen LogP contribution is 2.21. The topological polar surface area (TPSA) is 69.6 Å². The third-order valence-electron chi connectivity index (χ3n) is 1.92. The number of alkyl halides is 1. The Kier molecular flexibility index (Phi) is 5.05. The van der Waals surface area contributed by atoms with Gasteiger partial charge in [0.25, 0.3) is 0 Å². The first-order chi connectivity index (χ1) is 7.54. The van der Waals surface area contributed by atoms with Gasteiger partial charge >= 0.3 is 5.97 Å². The van der Waals surface area contributed by atoms with Crippen LogP contribution < -0.4 is 5.32 Å². The third-order valence-corrected chi connectivity index (χ3v) is 2.96. The summed E-state index contributed by atoms with van der Waals surface area (Å²) in [5, 5.41) is 21.0. The van der Waals surface area contributed by atoms with Crippen molar-refractivity contribution in [1.29, 1.82) is 0 Å². The van der Waals surface area contributed by atoms with Crippen LogP contribution in [0.5, 0.6) is 0 Å². The van der Waals surface area contributed by atoms with Gasteiger partial charge < -0.3 is 15.5 Å². The molecule has 0 saturated heterocycles. The Hall–Kier alpha value is -0.780. The maximum Gasteiger partial charge on any atom is 0.336 e. The van der Waals surface area contributed by atoms with Crippen LogP contribution in [-0.2, 0) is 0 Å². The number of anilines is 1. The maximum absolute atomic E-state index is 10.8. The first-order valence-corrected chi connectivity index (χ1v) is 5.88. The predicted molar refractivity (Wildman–Crippen MR) is 66.3 cm³/mol. The highest BCUT2D eigenvalue weighted by atomic mass is 79.9. The number of carbonyl (C=O) groups is 1. The summed E-state index contributed by atoms with van der Waals surface area (Å²) in [6, 6.07) is 4.85. The van der Waals surface area contributed by atoms with Gasteiger partial charge in [0.1, 0.15) is 0 Å². The van der Waals surface area contributed by atoms with Gasteiger partial charge in [0.15, 0.2) is 0 Å². The van der Waals surface area contributed by atoms with Gasteiger partial charge in [0.05, 0.1) is 17.5 Å². The molecule has 3 N–H and O–H groups in total. The fourth-order valence-electron chi connectivity index (χ4n) is 1.09. The molecule has 0 fully saturated rings. The van der Waals surface area contributed by atoms with Gasteiger partial charge in [-0.2, -0.15) is 0 Å². The van der Waals surface area contributed by atoms with Crippen LogP contribution in [0.15, 0.2) is 22.7 Å². The summed E-state index contributed by atoms with van der Waals surface area (Å²) >= 11 is 8.58. The van der Waals surface area contributed by atoms with Crippen LogP contribution in [0.25, 0.3) is 0 Å². The second-order valence-electron chi connectivity index (χ2n) is 3.19. The summed E-state index contributed by atoms with van der Waals surface area (Å²) in [5.41, 5.74) is 0.801. The Morgan fingerprint density at radius 3 is 2.81 bits per heavy atom. The average molecular weight is 309 g/mol. The molecule has 0 bridgehead atoms. The van der Waals surface area contributed by atoms with E-state index in [1.165, 1.54) is 6.07 Å². The minimum Gasteiger partial charge on any atom is -0.478 e. The second kappa shape index (κ2) is 6.08. The summed E-state index contributed by atoms with van der Waals surface area (Å²) in [7, 11) is 0. The van der Waals surface area contributed by atoms with Crippen LogP contribution >= 0.6 is 27.5 Å². The summed E-state index contributed by atoms with van der Waals surface area (Å²) in [6.07, 6.45) is -0.654. The molecule has 0 aliphatic heterocycles. The number of carboxylic acid groups (broad SMARTS) is 1. The minimum absolute atomic E-state index is 0.134. The monoisotopic (exact) mass is 307 g/mol. The zero-order valence-electron chi connectivity index (χ0n) is 8.28. The molecule has 0 spiro atoms. The van der Waals surface area contributed by atoms with Crippen molar-refractivity contribution in [3.63, 3.8) is 0 Å². The number of rotatable bonds is 5. The number of aromatic carboxylic acids is 1. The lowest BCUT2D eigenvalue weighted by Crippen LogP contribution is -2.20. The molecule has 1 aromatic carbocycles. The highest BCUT2D eigenvalue weighted by molar-refractivity contribution is 9.10. The van der Waals surface area contributed by atoms with Gasteiger partial charge in [-0.1, -0.05) is 0 Å². The van der Waals surface area contributed by atoms with E-state index in [4.69, 9.17) is 16.7 Å². The van der Waals surface area contributed by atoms with E-state index in [0.717, 1.165) is 0 Å². The van der Waals surface area contributed by atoms with Crippen LogP contribution in [0, 0.1) is 0 Å². The normalized spacial score (nSPS) is 12.2. The zero-order valence-corrected chi connectivity index (χ0v) is 10.6. The Labute approximate surface area is 106 Å². The predicted octanol–water partition coefficient (Wildman–Crippen LogP) is 2.16. The molecule has 88 valence electrons. The lowest BCUT2D eigenvalue weighted by atomic mass is 10.2. The molecule has 0 radical (unpaired) electrons. The van der Waals surface area contributed by atoms with E-state index in [-0.39, 0.29) is 18.0 Å². The molecule has 1 unspecified atom stereocenters. The molecule has 1 rings (SSSR count). The highest BCUT2D eigenvalue weighted by Gasteiger charge is 2.09. The molecule has 0 aliphatic rings. The van der Waals surface area contributed by atoms with Crippen molar-refractivity contribution in [1.82, 2.24) is 0 Å². The summed E-state index contributed by atoms with van der Waals surface area (Å²) in [6.45, 7) is 0.282. The van der Waals surface area contributed by atoms with Crippen molar-refractivity contribution in [2.24, 2.45) is 0 Å². The molecule has 0 amide bonds. The van der Waals surface area contributed by atoms with Gasteiger partial charge in [0.2, 0.25) is 0 Å². The van der Waals surface area contributed by atoms with Crippen molar-refractivity contribution < 1.29 is 15.0 Å². The Morgan fingerprint density at radius 1 is 1.56 bits per heavy atom. The maximum atomic E-state index is 10.8. The van der Waals surface area contributed by atoms with Crippen molar-refractivity contribution >= 4 is 39.2 Å². The number of hydrogen-bond donors (Lipinski definition) is 3. The minimum atomic E-state index is -1.01. The van der Waals surface area contributed by atoms with Crippen LogP contribution in [0.3, 0.4) is 0 Å². The fraction of sp³-hybridized carbons (Fsp3) is 0.300. The molecular formula is C10H11BrClNO3. The zero-order chi connectivity index (χ0) is 12.1. The molecule has 4 nitrogen and oxygen atoms in total. The molecule has 0 saturated carbocycles. The smallest absolute Gasteiger partial charge is 0.336 e. The van der Waals surface area contributed by atoms with Crippen LogP contribution in [0.4, 0.5) is 5.69 Å². The van der Waals surface area contributed by atoms with Gasteiger partial charge in [-0.3, -0.25) is 0 Å². The molecule has 16 heavy (non-hydrogen) atoms. The average Bonchev–Trinajstić information content (AvgIpc) is 2.27. The first kappa shape index (κ1) is 13.3. The summed E-state index contributed by atoms with van der Waals surface area (Å²) in [4.78, 5) is 10.8. The standard InChI is InChI=1S/C10H11BrClNO3/c11-9-2-1-6(3-8(9)10(15)16)13-5-7(14)4-12/h1-3,7,13-14H,4-5H2,(H,15,16). The first-order valence-electron chi connectivity index (χ1n) is 4.55. The van der Waals surface area contributed by atoms with Crippen molar-refractivity contribution in [3.8, 4) is 0 Å². The third kappa shape index (κ3) is 3.66. The molecule has 1 atom stereocenters. The van der Waals surface area contributed by atoms with E-state index in [0.29, 0.717) is 10.2 Å². The fourth-order valence-corrected chi connectivity index (χ4v) is 1.61. The van der Waals surface area contributed by atoms with E-state index in [1.54, 1.807) is 12.1 Å². The molecule has 1 aromatic rings. The Morgan fingerprint density at radius 2 is 2.25 bits per heavy atom. The number of hydrogen-bond acceptors (Lipinski definition) is 3. The number of benzene rings is 1. The van der Waals surface area contributed by atoms with Crippen LogP contribution in [0.2, 0.25) is 0 Å². The van der Waals surface area contributed by atoms with Crippen LogP contribution in [0.1, 0.15) is 10.4 Å². The number of carboxylic acids is 1. The molecular weight excluding hydrogens is 297 g/mol. The number of halogens is 2. The quantitative estimate of drug-likeness (QED) is 0.729. The van der Waals surface area contributed by atoms with E-state index < -0.39 is 12.1 Å². The van der Waals surface area contributed by atoms with E-state index in [2.05, 4.69) is 21.2 Å². The lowest BCUT2D eigenvalue weighted by molar-refractivity contribution is 0.0696. The number of aliphatic hydroxyl groups is 1. The summed E-state index contributed by atoms with van der Waals surface area (Å²) < 4.78 is 0.517. The van der Waals surface area contributed by atoms with Crippen molar-refractivity contribution in [2.75, 3.05) is 17.7 Å². The van der Waals surface area contributed by atoms with Crippen molar-refractivity contribution in [3.05, 3.63) is 28.2 Å². The largest absolute Gasteiger partial charge is 0.478 e. The second-order valence-corrected chi connectivity index (χ2v) is 4.35. The van der Waals surface area contributed by atoms with E-state index in [1.807, 2.05) is 0 Å². The molecule has 6 heteroatoms. The van der Waals surface area contributed by atoms with E-state index in [9.17, 15) is 9.90 Å². The molecule has 0 aromatic heterocycles. The van der Waals surface area contributed by atoms with Crippen LogP contribution in [-0.4, -0.2) is 34.7 Å². The molecule has 0 heterocycles. The van der Waals surface area contributed by atoms with Gasteiger partial charge in [-0.15, -0.1) is 11.6 Å². The SMILES string of the molecule is O=C(O)c1cc(NCC(O)CCl)ccc1Br. The number of aliphatic hydroxyl groups excluding tert-OH is 1. The van der Waals surface area contributed by atoms with E-state index >= 15 is 0 Å². The Bertz CT molecular complexity index is 386. The summed E-state index contributed by atoms with van der Waals surface area (Å²) in [5.74, 6) is -0.872. The van der Waals surface area contributed by atoms with Crippen molar-refractivity contribution in [2.45, 2.75) is 6.10 Å². The van der Waals surface area contributed by atoms with Gasteiger partial charge in [-0.05, 0) is 34.1 Å². The number of nitrogens with one attached hydrogen (secondary N) is 1. The lowest BCUT2D eigenvalue weighted by Gasteiger charge is -2.10. The molecule has 0 aliphatic carbocycles.